The van der Waals surface area contributed by atoms with E-state index in [2.05, 4.69) is 20.1 Å². The van der Waals surface area contributed by atoms with Gasteiger partial charge in [-0.2, -0.15) is 8.78 Å². The maximum atomic E-state index is 13.6. The maximum Gasteiger partial charge on any atom is 0.303 e. The molecule has 1 aliphatic heterocycles. The number of rotatable bonds is 4. The van der Waals surface area contributed by atoms with Crippen molar-refractivity contribution in [1.29, 1.82) is 0 Å². The van der Waals surface area contributed by atoms with Gasteiger partial charge in [-0.3, -0.25) is 0 Å². The fourth-order valence-electron chi connectivity index (χ4n) is 3.10. The van der Waals surface area contributed by atoms with E-state index in [4.69, 9.17) is 16.3 Å². The van der Waals surface area contributed by atoms with E-state index < -0.39 is 11.7 Å². The van der Waals surface area contributed by atoms with Gasteiger partial charge < -0.3 is 9.64 Å². The van der Waals surface area contributed by atoms with Crippen molar-refractivity contribution in [2.45, 2.75) is 25.4 Å². The second kappa shape index (κ2) is 6.07. The maximum absolute atomic E-state index is 13.6. The third kappa shape index (κ3) is 3.10. The number of pyridine rings is 1. The first-order valence-electron chi connectivity index (χ1n) is 8.26. The lowest BCUT2D eigenvalue weighted by molar-refractivity contribution is -0.0170. The summed E-state index contributed by atoms with van der Waals surface area (Å²) in [5.41, 5.74) is 0.377. The molecule has 27 heavy (non-hydrogen) atoms. The molecule has 10 heteroatoms. The van der Waals surface area contributed by atoms with Gasteiger partial charge in [-0.15, -0.1) is 5.10 Å². The Morgan fingerprint density at radius 2 is 2.04 bits per heavy atom. The quantitative estimate of drug-likeness (QED) is 0.633. The molecule has 0 radical (unpaired) electrons. The molecule has 0 amide bonds. The number of methoxy groups -OCH3 is 1. The van der Waals surface area contributed by atoms with Gasteiger partial charge in [0, 0.05) is 38.6 Å². The van der Waals surface area contributed by atoms with Gasteiger partial charge in [0.15, 0.2) is 11.6 Å². The van der Waals surface area contributed by atoms with E-state index >= 15 is 0 Å². The summed E-state index contributed by atoms with van der Waals surface area (Å²) >= 11 is 6.05. The van der Waals surface area contributed by atoms with E-state index in [9.17, 15) is 8.78 Å². The van der Waals surface area contributed by atoms with Crippen molar-refractivity contribution in [1.82, 2.24) is 24.7 Å². The van der Waals surface area contributed by atoms with Crippen LogP contribution < -0.4 is 4.90 Å². The molecule has 4 rings (SSSR count). The first-order valence-corrected chi connectivity index (χ1v) is 8.64. The molecule has 0 aliphatic carbocycles. The zero-order valence-corrected chi connectivity index (χ0v) is 15.7. The highest BCUT2D eigenvalue weighted by Gasteiger charge is 2.41. The monoisotopic (exact) mass is 394 g/mol. The number of anilines is 1. The molecule has 0 unspecified atom stereocenters. The van der Waals surface area contributed by atoms with Gasteiger partial charge in [0.25, 0.3) is 0 Å². The fourth-order valence-corrected chi connectivity index (χ4v) is 3.25. The van der Waals surface area contributed by atoms with Crippen molar-refractivity contribution in [2.75, 3.05) is 25.1 Å². The minimum absolute atomic E-state index is 0.232. The number of ether oxygens (including phenoxy) is 1. The summed E-state index contributed by atoms with van der Waals surface area (Å²) < 4.78 is 34.3. The molecule has 0 saturated carbocycles. The standard InChI is InChI=1S/C17H17ClF2N6O/c1-16(27-3)8-25(9-16)14-10-7-22-12(18)6-11(10)26(24-14)13-4-5-21-15(23-13)17(2,19)20/h4-7H,8-9H2,1-3H3. The zero-order valence-electron chi connectivity index (χ0n) is 14.9. The smallest absolute Gasteiger partial charge is 0.303 e. The fraction of sp³-hybridized carbons (Fsp3) is 0.412. The average molecular weight is 395 g/mol. The molecule has 0 atom stereocenters. The van der Waals surface area contributed by atoms with E-state index in [-0.39, 0.29) is 16.6 Å². The topological polar surface area (TPSA) is 69.0 Å². The van der Waals surface area contributed by atoms with Gasteiger partial charge in [-0.25, -0.2) is 19.6 Å². The summed E-state index contributed by atoms with van der Waals surface area (Å²) in [6.45, 7) is 4.07. The number of hydrogen-bond donors (Lipinski definition) is 0. The van der Waals surface area contributed by atoms with Gasteiger partial charge in [0.1, 0.15) is 5.15 Å². The first kappa shape index (κ1) is 18.0. The van der Waals surface area contributed by atoms with Gasteiger partial charge in [-0.1, -0.05) is 11.6 Å². The van der Waals surface area contributed by atoms with Crippen molar-refractivity contribution >= 4 is 28.3 Å². The van der Waals surface area contributed by atoms with E-state index in [1.54, 1.807) is 19.4 Å². The van der Waals surface area contributed by atoms with E-state index in [1.807, 2.05) is 11.8 Å². The normalized spacial score (nSPS) is 16.6. The Hall–Kier alpha value is -2.39. The van der Waals surface area contributed by atoms with Crippen LogP contribution in [-0.2, 0) is 10.7 Å². The Balaban J connectivity index is 1.84. The van der Waals surface area contributed by atoms with Crippen molar-refractivity contribution < 1.29 is 13.5 Å². The van der Waals surface area contributed by atoms with E-state index in [1.165, 1.54) is 16.9 Å². The predicted octanol–water partition coefficient (Wildman–Crippen LogP) is 3.20. The highest BCUT2D eigenvalue weighted by Crippen LogP contribution is 2.35. The number of hydrogen-bond acceptors (Lipinski definition) is 6. The molecule has 4 heterocycles. The molecule has 1 saturated heterocycles. The lowest BCUT2D eigenvalue weighted by Gasteiger charge is -2.47. The Bertz CT molecular complexity index is 1010. The number of aromatic nitrogens is 5. The highest BCUT2D eigenvalue weighted by atomic mass is 35.5. The van der Waals surface area contributed by atoms with Crippen LogP contribution >= 0.6 is 11.6 Å². The van der Waals surface area contributed by atoms with Crippen LogP contribution in [-0.4, -0.2) is 50.5 Å². The highest BCUT2D eigenvalue weighted by molar-refractivity contribution is 6.30. The summed E-state index contributed by atoms with van der Waals surface area (Å²) in [6.07, 6.45) is 2.91. The van der Waals surface area contributed by atoms with Crippen LogP contribution in [0, 0.1) is 0 Å². The largest absolute Gasteiger partial charge is 0.375 e. The molecule has 0 aromatic carbocycles. The summed E-state index contributed by atoms with van der Waals surface area (Å²) in [5.74, 6) is -2.82. The lowest BCUT2D eigenvalue weighted by atomic mass is 9.96. The van der Waals surface area contributed by atoms with Gasteiger partial charge in [0.05, 0.1) is 29.6 Å². The molecule has 1 aliphatic rings. The molecule has 142 valence electrons. The van der Waals surface area contributed by atoms with E-state index in [0.29, 0.717) is 24.4 Å². The molecule has 0 spiro atoms. The predicted molar refractivity (Wildman–Crippen MR) is 96.7 cm³/mol. The van der Waals surface area contributed by atoms with Gasteiger partial charge in [0.2, 0.25) is 5.82 Å². The van der Waals surface area contributed by atoms with Crippen LogP contribution in [0.25, 0.3) is 16.7 Å². The Kier molecular flexibility index (Phi) is 4.04. The number of fused-ring (bicyclic) bond motifs is 1. The Morgan fingerprint density at radius 1 is 1.30 bits per heavy atom. The Morgan fingerprint density at radius 3 is 2.70 bits per heavy atom. The number of nitrogens with zero attached hydrogens (tertiary/aromatic N) is 6. The van der Waals surface area contributed by atoms with Gasteiger partial charge in [-0.05, 0) is 6.92 Å². The third-order valence-corrected chi connectivity index (χ3v) is 4.81. The lowest BCUT2D eigenvalue weighted by Crippen LogP contribution is -2.61. The molecular formula is C17H17ClF2N6O. The second-order valence-electron chi connectivity index (χ2n) is 6.90. The zero-order chi connectivity index (χ0) is 19.4. The van der Waals surface area contributed by atoms with Crippen LogP contribution in [0.2, 0.25) is 5.15 Å². The van der Waals surface area contributed by atoms with Crippen molar-refractivity contribution in [3.05, 3.63) is 35.5 Å². The second-order valence-corrected chi connectivity index (χ2v) is 7.28. The van der Waals surface area contributed by atoms with E-state index in [0.717, 1.165) is 12.3 Å². The molecule has 0 bridgehead atoms. The molecule has 3 aromatic rings. The molecular weight excluding hydrogens is 378 g/mol. The minimum Gasteiger partial charge on any atom is -0.375 e. The molecule has 3 aromatic heterocycles. The summed E-state index contributed by atoms with van der Waals surface area (Å²) in [7, 11) is 1.67. The number of halogens is 3. The minimum atomic E-state index is -3.15. The van der Waals surface area contributed by atoms with Crippen LogP contribution in [0.4, 0.5) is 14.6 Å². The van der Waals surface area contributed by atoms with Crippen LogP contribution in [0.15, 0.2) is 24.5 Å². The van der Waals surface area contributed by atoms with Crippen LogP contribution in [0.5, 0.6) is 0 Å². The number of alkyl halides is 2. The molecule has 0 N–H and O–H groups in total. The molecule has 1 fully saturated rings. The molecule has 7 nitrogen and oxygen atoms in total. The van der Waals surface area contributed by atoms with Crippen LogP contribution in [0.3, 0.4) is 0 Å². The first-order chi connectivity index (χ1) is 12.7. The summed E-state index contributed by atoms with van der Waals surface area (Å²) in [4.78, 5) is 13.8. The van der Waals surface area contributed by atoms with Crippen molar-refractivity contribution in [2.24, 2.45) is 0 Å². The van der Waals surface area contributed by atoms with Crippen LogP contribution in [0.1, 0.15) is 19.7 Å². The summed E-state index contributed by atoms with van der Waals surface area (Å²) in [5, 5.41) is 5.62. The average Bonchev–Trinajstić information content (AvgIpc) is 2.96. The third-order valence-electron chi connectivity index (χ3n) is 4.61. The van der Waals surface area contributed by atoms with Gasteiger partial charge >= 0.3 is 5.92 Å². The van der Waals surface area contributed by atoms with Crippen molar-refractivity contribution in [3.63, 3.8) is 0 Å². The Labute approximate surface area is 158 Å². The SMILES string of the molecule is COC1(C)CN(c2nn(-c3ccnc(C(C)(F)F)n3)c3cc(Cl)ncc23)C1. The summed E-state index contributed by atoms with van der Waals surface area (Å²) in [6, 6.07) is 3.16. The van der Waals surface area contributed by atoms with Crippen molar-refractivity contribution in [3.8, 4) is 5.82 Å².